The lowest BCUT2D eigenvalue weighted by molar-refractivity contribution is 0.255. The number of aliphatic imine (C=N–C) groups is 1. The summed E-state index contributed by atoms with van der Waals surface area (Å²) in [6.07, 6.45) is 2.94. The molecule has 1 aromatic heterocycles. The Kier molecular flexibility index (Phi) is 4.42. The fourth-order valence-electron chi connectivity index (χ4n) is 3.42. The van der Waals surface area contributed by atoms with Crippen LogP contribution in [0.1, 0.15) is 36.7 Å². The van der Waals surface area contributed by atoms with Gasteiger partial charge in [-0.3, -0.25) is 9.98 Å². The Morgan fingerprint density at radius 1 is 1.33 bits per heavy atom. The Morgan fingerprint density at radius 2 is 2.21 bits per heavy atom. The van der Waals surface area contributed by atoms with Gasteiger partial charge in [-0.1, -0.05) is 30.8 Å². The van der Waals surface area contributed by atoms with E-state index in [9.17, 15) is 5.11 Å². The monoisotopic (exact) mass is 451 g/mol. The number of hydrogen-bond donors (Lipinski definition) is 1. The normalized spacial score (nSPS) is 25.7. The number of pyridine rings is 1. The van der Waals surface area contributed by atoms with Gasteiger partial charge in [-0.25, -0.2) is 0 Å². The second-order valence-electron chi connectivity index (χ2n) is 6.05. The molecule has 0 bridgehead atoms. The summed E-state index contributed by atoms with van der Waals surface area (Å²) in [5.74, 6) is 1.42. The summed E-state index contributed by atoms with van der Waals surface area (Å²) < 4.78 is 0.873. The van der Waals surface area contributed by atoms with Crippen molar-refractivity contribution in [2.45, 2.75) is 31.5 Å². The number of hydrogen-bond acceptors (Lipinski definition) is 5. The second kappa shape index (κ2) is 6.55. The van der Waals surface area contributed by atoms with Gasteiger partial charge < -0.3 is 10.0 Å². The molecule has 2 aromatic rings. The third kappa shape index (κ3) is 2.69. The van der Waals surface area contributed by atoms with Crippen LogP contribution in [0.3, 0.4) is 0 Å². The minimum Gasteiger partial charge on any atom is -0.507 e. The number of phenolic OH excluding ortho intramolecular Hbond substituents is 1. The molecule has 3 heterocycles. The molecule has 4 nitrogen and oxygen atoms in total. The Labute approximate surface area is 159 Å². The lowest BCUT2D eigenvalue weighted by Gasteiger charge is -2.32. The quantitative estimate of drug-likeness (QED) is 0.705. The zero-order valence-corrected chi connectivity index (χ0v) is 16.2. The van der Waals surface area contributed by atoms with E-state index in [2.05, 4.69) is 51.5 Å². The summed E-state index contributed by atoms with van der Waals surface area (Å²) >= 11 is 4.03. The van der Waals surface area contributed by atoms with E-state index in [1.807, 2.05) is 36.2 Å². The van der Waals surface area contributed by atoms with Gasteiger partial charge in [0, 0.05) is 18.0 Å². The molecule has 0 saturated carbocycles. The molecule has 4 rings (SSSR count). The van der Waals surface area contributed by atoms with E-state index in [1.165, 1.54) is 5.56 Å². The summed E-state index contributed by atoms with van der Waals surface area (Å²) in [4.78, 5) is 12.0. The number of benzene rings is 1. The van der Waals surface area contributed by atoms with Crippen LogP contribution in [0.15, 0.2) is 47.6 Å². The van der Waals surface area contributed by atoms with Crippen LogP contribution in [0, 0.1) is 3.57 Å². The van der Waals surface area contributed by atoms with E-state index in [4.69, 9.17) is 4.99 Å². The third-order valence-electron chi connectivity index (χ3n) is 4.64. The number of halogens is 1. The van der Waals surface area contributed by atoms with Crippen LogP contribution in [0.2, 0.25) is 0 Å². The molecule has 0 radical (unpaired) electrons. The molecule has 2 aliphatic heterocycles. The fourth-order valence-corrected chi connectivity index (χ4v) is 5.29. The minimum atomic E-state index is 0.00314. The number of fused-ring (bicyclic) bond motifs is 1. The number of phenols is 1. The van der Waals surface area contributed by atoms with E-state index in [0.717, 1.165) is 26.6 Å². The molecule has 2 aliphatic rings. The van der Waals surface area contributed by atoms with E-state index in [0.29, 0.717) is 11.8 Å². The fraction of sp³-hybridized carbons (Fsp3) is 0.333. The molecule has 1 N–H and O–H groups in total. The first-order valence-corrected chi connectivity index (χ1v) is 10.1. The first-order chi connectivity index (χ1) is 11.7. The van der Waals surface area contributed by atoms with Crippen LogP contribution in [0.5, 0.6) is 5.75 Å². The SMILES string of the molecule is CC[C@H]1CSC2=N[C@@H](c3ccccn3)[C@@H](c3ccc(O)c(I)c3)N21. The Morgan fingerprint density at radius 3 is 2.92 bits per heavy atom. The maximum atomic E-state index is 9.89. The molecular weight excluding hydrogens is 433 g/mol. The smallest absolute Gasteiger partial charge is 0.160 e. The van der Waals surface area contributed by atoms with Gasteiger partial charge >= 0.3 is 0 Å². The minimum absolute atomic E-state index is 0.00314. The molecule has 1 fully saturated rings. The molecule has 24 heavy (non-hydrogen) atoms. The number of aromatic nitrogens is 1. The van der Waals surface area contributed by atoms with Gasteiger partial charge in [0.25, 0.3) is 0 Å². The van der Waals surface area contributed by atoms with Gasteiger partial charge in [-0.2, -0.15) is 0 Å². The molecule has 3 atom stereocenters. The van der Waals surface area contributed by atoms with Gasteiger partial charge in [0.2, 0.25) is 0 Å². The van der Waals surface area contributed by atoms with E-state index in [1.54, 1.807) is 6.07 Å². The average molecular weight is 451 g/mol. The molecule has 124 valence electrons. The standard InChI is InChI=1S/C18H18IN3OS/c1-2-12-10-24-18-21-16(14-5-3-4-8-20-14)17(22(12)18)11-6-7-15(23)13(19)9-11/h3-9,12,16-17,23H,2,10H2,1H3/t12-,16-,17+/m0/s1. The topological polar surface area (TPSA) is 48.7 Å². The molecule has 0 aliphatic carbocycles. The Hall–Kier alpha value is -1.28. The van der Waals surface area contributed by atoms with Crippen molar-refractivity contribution in [1.29, 1.82) is 0 Å². The zero-order chi connectivity index (χ0) is 16.7. The van der Waals surface area contributed by atoms with Crippen molar-refractivity contribution in [3.63, 3.8) is 0 Å². The van der Waals surface area contributed by atoms with Crippen LogP contribution in [-0.4, -0.2) is 32.0 Å². The molecular formula is C18H18IN3OS. The van der Waals surface area contributed by atoms with Crippen molar-refractivity contribution >= 4 is 39.5 Å². The predicted molar refractivity (Wildman–Crippen MR) is 106 cm³/mol. The van der Waals surface area contributed by atoms with Crippen LogP contribution >= 0.6 is 34.4 Å². The molecule has 0 unspecified atom stereocenters. The van der Waals surface area contributed by atoms with Gasteiger partial charge in [-0.05, 0) is 58.8 Å². The van der Waals surface area contributed by atoms with Crippen molar-refractivity contribution in [1.82, 2.24) is 9.88 Å². The van der Waals surface area contributed by atoms with Crippen molar-refractivity contribution in [2.75, 3.05) is 5.75 Å². The van der Waals surface area contributed by atoms with Crippen molar-refractivity contribution in [2.24, 2.45) is 4.99 Å². The van der Waals surface area contributed by atoms with Crippen molar-refractivity contribution < 1.29 is 5.11 Å². The Bertz CT molecular complexity index is 783. The van der Waals surface area contributed by atoms with E-state index in [-0.39, 0.29) is 12.1 Å². The number of thioether (sulfide) groups is 1. The lowest BCUT2D eigenvalue weighted by Crippen LogP contribution is -2.35. The summed E-state index contributed by atoms with van der Waals surface area (Å²) in [5.41, 5.74) is 2.19. The average Bonchev–Trinajstić information content (AvgIpc) is 3.17. The number of rotatable bonds is 3. The highest BCUT2D eigenvalue weighted by Crippen LogP contribution is 2.48. The number of aromatic hydroxyl groups is 1. The van der Waals surface area contributed by atoms with Gasteiger partial charge in [-0.15, -0.1) is 0 Å². The first-order valence-electron chi connectivity index (χ1n) is 8.07. The maximum absolute atomic E-state index is 9.89. The van der Waals surface area contributed by atoms with Crippen LogP contribution < -0.4 is 0 Å². The molecule has 0 amide bonds. The number of nitrogens with zero attached hydrogens (tertiary/aromatic N) is 3. The molecule has 6 heteroatoms. The highest BCUT2D eigenvalue weighted by molar-refractivity contribution is 14.1. The molecule has 0 spiro atoms. The van der Waals surface area contributed by atoms with Crippen molar-refractivity contribution in [3.8, 4) is 5.75 Å². The highest BCUT2D eigenvalue weighted by Gasteiger charge is 2.45. The first kappa shape index (κ1) is 16.2. The van der Waals surface area contributed by atoms with Crippen LogP contribution in [-0.2, 0) is 0 Å². The van der Waals surface area contributed by atoms with E-state index >= 15 is 0 Å². The third-order valence-corrected chi connectivity index (χ3v) is 6.63. The summed E-state index contributed by atoms with van der Waals surface area (Å²) in [6, 6.07) is 12.5. The Balaban J connectivity index is 1.80. The maximum Gasteiger partial charge on any atom is 0.160 e. The van der Waals surface area contributed by atoms with Gasteiger partial charge in [0.1, 0.15) is 11.8 Å². The lowest BCUT2D eigenvalue weighted by atomic mass is 9.95. The highest BCUT2D eigenvalue weighted by atomic mass is 127. The van der Waals surface area contributed by atoms with Gasteiger partial charge in [0.15, 0.2) is 5.17 Å². The summed E-state index contributed by atoms with van der Waals surface area (Å²) in [7, 11) is 0. The predicted octanol–water partition coefficient (Wildman–Crippen LogP) is 4.37. The number of amidine groups is 1. The van der Waals surface area contributed by atoms with Gasteiger partial charge in [0.05, 0.1) is 15.3 Å². The summed E-state index contributed by atoms with van der Waals surface area (Å²) in [6.45, 7) is 2.24. The molecule has 1 saturated heterocycles. The zero-order valence-electron chi connectivity index (χ0n) is 13.3. The van der Waals surface area contributed by atoms with Crippen molar-refractivity contribution in [3.05, 3.63) is 57.4 Å². The molecule has 1 aromatic carbocycles. The summed E-state index contributed by atoms with van der Waals surface area (Å²) in [5, 5.41) is 11.0. The second-order valence-corrected chi connectivity index (χ2v) is 8.20. The largest absolute Gasteiger partial charge is 0.507 e. The van der Waals surface area contributed by atoms with Crippen LogP contribution in [0.25, 0.3) is 0 Å². The van der Waals surface area contributed by atoms with Crippen LogP contribution in [0.4, 0.5) is 0 Å². The van der Waals surface area contributed by atoms with E-state index < -0.39 is 0 Å².